The van der Waals surface area contributed by atoms with Crippen molar-refractivity contribution >= 4 is 21.6 Å². The molecule has 0 bridgehead atoms. The topological polar surface area (TPSA) is 55.8 Å². The van der Waals surface area contributed by atoms with Crippen LogP contribution in [0.5, 0.6) is 0 Å². The largest absolute Gasteiger partial charge is 0.350 e. The van der Waals surface area contributed by atoms with Crippen LogP contribution >= 0.6 is 11.6 Å². The molecule has 1 atom stereocenters. The summed E-state index contributed by atoms with van der Waals surface area (Å²) >= 11 is 6.04. The van der Waals surface area contributed by atoms with Gasteiger partial charge in [-0.3, -0.25) is 0 Å². The van der Waals surface area contributed by atoms with Gasteiger partial charge in [0.2, 0.25) is 10.0 Å². The molecule has 0 spiro atoms. The predicted molar refractivity (Wildman–Crippen MR) is 78.6 cm³/mol. The van der Waals surface area contributed by atoms with E-state index < -0.39 is 10.0 Å². The van der Waals surface area contributed by atoms with Crippen LogP contribution < -0.4 is 0 Å². The van der Waals surface area contributed by atoms with Gasteiger partial charge in [0.05, 0.1) is 18.2 Å². The molecule has 0 saturated carbocycles. The smallest absolute Gasteiger partial charge is 0.244 e. The zero-order valence-electron chi connectivity index (χ0n) is 11.6. The summed E-state index contributed by atoms with van der Waals surface area (Å²) in [6, 6.07) is 6.55. The Morgan fingerprint density at radius 2 is 1.90 bits per heavy atom. The van der Waals surface area contributed by atoms with Crippen LogP contribution in [0.15, 0.2) is 29.2 Å². The van der Waals surface area contributed by atoms with Crippen molar-refractivity contribution in [3.05, 3.63) is 29.3 Å². The Kier molecular flexibility index (Phi) is 4.51. The van der Waals surface area contributed by atoms with E-state index in [4.69, 9.17) is 21.1 Å². The van der Waals surface area contributed by atoms with E-state index in [2.05, 4.69) is 0 Å². The molecular formula is C14H18ClNO4S. The fraction of sp³-hybridized carbons (Fsp3) is 0.571. The molecule has 0 unspecified atom stereocenters. The van der Waals surface area contributed by atoms with Crippen LogP contribution in [0.1, 0.15) is 12.8 Å². The number of sulfonamides is 1. The second-order valence-corrected chi connectivity index (χ2v) is 7.62. The summed E-state index contributed by atoms with van der Waals surface area (Å²) in [6.45, 7) is 2.09. The van der Waals surface area contributed by atoms with Crippen LogP contribution in [0.25, 0.3) is 0 Å². The minimum absolute atomic E-state index is 0.0820. The molecule has 3 rings (SSSR count). The molecule has 2 heterocycles. The number of hydrogen-bond donors (Lipinski definition) is 0. The van der Waals surface area contributed by atoms with Crippen LogP contribution in [0.3, 0.4) is 0 Å². The standard InChI is InChI=1S/C14H18ClNO4S/c15-12-5-1-2-6-13(12)21(17,18)16-7-3-4-11(10-16)14-19-8-9-20-14/h1-2,5-6,11,14H,3-4,7-10H2/t11-/m1/s1. The fourth-order valence-corrected chi connectivity index (χ4v) is 4.88. The third-order valence-corrected chi connectivity index (χ3v) is 6.27. The normalized spacial score (nSPS) is 25.3. The number of piperidine rings is 1. The number of rotatable bonds is 3. The molecule has 1 aromatic carbocycles. The number of halogens is 1. The molecule has 0 N–H and O–H groups in total. The highest BCUT2D eigenvalue weighted by Gasteiger charge is 2.36. The Labute approximate surface area is 129 Å². The molecular weight excluding hydrogens is 314 g/mol. The van der Waals surface area contributed by atoms with Gasteiger partial charge in [0.25, 0.3) is 0 Å². The molecule has 2 aliphatic rings. The lowest BCUT2D eigenvalue weighted by Crippen LogP contribution is -2.43. The van der Waals surface area contributed by atoms with Gasteiger partial charge in [0.1, 0.15) is 4.90 Å². The van der Waals surface area contributed by atoms with Gasteiger partial charge in [-0.05, 0) is 25.0 Å². The summed E-state index contributed by atoms with van der Waals surface area (Å²) in [5.74, 6) is 0.0820. The molecule has 2 aliphatic heterocycles. The second kappa shape index (κ2) is 6.22. The van der Waals surface area contributed by atoms with Gasteiger partial charge >= 0.3 is 0 Å². The first-order valence-corrected chi connectivity index (χ1v) is 8.89. The van der Waals surface area contributed by atoms with Gasteiger partial charge in [0, 0.05) is 19.0 Å². The number of ether oxygens (including phenoxy) is 2. The number of benzene rings is 1. The third kappa shape index (κ3) is 3.10. The highest BCUT2D eigenvalue weighted by Crippen LogP contribution is 2.30. The Morgan fingerprint density at radius 3 is 2.62 bits per heavy atom. The number of nitrogens with zero attached hydrogens (tertiary/aromatic N) is 1. The average molecular weight is 332 g/mol. The van der Waals surface area contributed by atoms with Crippen molar-refractivity contribution in [2.75, 3.05) is 26.3 Å². The maximum atomic E-state index is 12.7. The van der Waals surface area contributed by atoms with Gasteiger partial charge in [-0.25, -0.2) is 8.42 Å². The van der Waals surface area contributed by atoms with E-state index in [1.54, 1.807) is 24.3 Å². The quantitative estimate of drug-likeness (QED) is 0.851. The Balaban J connectivity index is 1.80. The molecule has 0 radical (unpaired) electrons. The van der Waals surface area contributed by atoms with Crippen molar-refractivity contribution in [1.29, 1.82) is 0 Å². The Bertz CT molecular complexity index is 601. The zero-order valence-corrected chi connectivity index (χ0v) is 13.1. The van der Waals surface area contributed by atoms with E-state index in [0.717, 1.165) is 12.8 Å². The predicted octanol–water partition coefficient (Wildman–Crippen LogP) is 2.11. The lowest BCUT2D eigenvalue weighted by molar-refractivity contribution is -0.0940. The zero-order chi connectivity index (χ0) is 14.9. The highest BCUT2D eigenvalue weighted by atomic mass is 35.5. The molecule has 21 heavy (non-hydrogen) atoms. The van der Waals surface area contributed by atoms with Crippen LogP contribution in [0.2, 0.25) is 5.02 Å². The molecule has 7 heteroatoms. The van der Waals surface area contributed by atoms with Crippen molar-refractivity contribution in [2.45, 2.75) is 24.0 Å². The van der Waals surface area contributed by atoms with Crippen LogP contribution in [0.4, 0.5) is 0 Å². The van der Waals surface area contributed by atoms with Crippen molar-refractivity contribution in [3.8, 4) is 0 Å². The molecule has 0 amide bonds. The summed E-state index contributed by atoms with van der Waals surface area (Å²) in [6.07, 6.45) is 1.44. The highest BCUT2D eigenvalue weighted by molar-refractivity contribution is 7.89. The van der Waals surface area contributed by atoms with Crippen molar-refractivity contribution in [3.63, 3.8) is 0 Å². The molecule has 116 valence electrons. The molecule has 2 fully saturated rings. The Hall–Kier alpha value is -0.660. The molecule has 1 aromatic rings. The lowest BCUT2D eigenvalue weighted by Gasteiger charge is -2.34. The first kappa shape index (κ1) is 15.2. The molecule has 0 aliphatic carbocycles. The first-order chi connectivity index (χ1) is 10.1. The van der Waals surface area contributed by atoms with Gasteiger partial charge in [0.15, 0.2) is 6.29 Å². The SMILES string of the molecule is O=S(=O)(c1ccccc1Cl)N1CCC[C@@H](C2OCCO2)C1. The maximum absolute atomic E-state index is 12.7. The average Bonchev–Trinajstić information content (AvgIpc) is 3.02. The van der Waals surface area contributed by atoms with Crippen molar-refractivity contribution in [2.24, 2.45) is 5.92 Å². The summed E-state index contributed by atoms with van der Waals surface area (Å²) in [4.78, 5) is 0.167. The van der Waals surface area contributed by atoms with Crippen molar-refractivity contribution < 1.29 is 17.9 Å². The second-order valence-electron chi connectivity index (χ2n) is 5.31. The first-order valence-electron chi connectivity index (χ1n) is 7.07. The van der Waals surface area contributed by atoms with Gasteiger partial charge in [-0.2, -0.15) is 4.31 Å². The van der Waals surface area contributed by atoms with E-state index in [9.17, 15) is 8.42 Å². The van der Waals surface area contributed by atoms with Gasteiger partial charge in [-0.1, -0.05) is 23.7 Å². The van der Waals surface area contributed by atoms with E-state index in [1.165, 1.54) is 4.31 Å². The van der Waals surface area contributed by atoms with E-state index in [0.29, 0.717) is 26.3 Å². The molecule has 2 saturated heterocycles. The van der Waals surface area contributed by atoms with Gasteiger partial charge in [-0.15, -0.1) is 0 Å². The van der Waals surface area contributed by atoms with Crippen LogP contribution in [-0.2, 0) is 19.5 Å². The van der Waals surface area contributed by atoms with E-state index >= 15 is 0 Å². The minimum atomic E-state index is -3.56. The number of hydrogen-bond acceptors (Lipinski definition) is 4. The Morgan fingerprint density at radius 1 is 1.19 bits per heavy atom. The lowest BCUT2D eigenvalue weighted by atomic mass is 9.99. The van der Waals surface area contributed by atoms with E-state index in [-0.39, 0.29) is 22.1 Å². The molecule has 0 aromatic heterocycles. The third-order valence-electron chi connectivity index (χ3n) is 3.91. The van der Waals surface area contributed by atoms with Crippen LogP contribution in [0, 0.1) is 5.92 Å². The van der Waals surface area contributed by atoms with E-state index in [1.807, 2.05) is 0 Å². The summed E-state index contributed by atoms with van der Waals surface area (Å²) < 4.78 is 38.0. The summed E-state index contributed by atoms with van der Waals surface area (Å²) in [5, 5.41) is 0.257. The maximum Gasteiger partial charge on any atom is 0.244 e. The van der Waals surface area contributed by atoms with Gasteiger partial charge < -0.3 is 9.47 Å². The minimum Gasteiger partial charge on any atom is -0.350 e. The monoisotopic (exact) mass is 331 g/mol. The summed E-state index contributed by atoms with van der Waals surface area (Å²) in [5.41, 5.74) is 0. The van der Waals surface area contributed by atoms with Crippen molar-refractivity contribution in [1.82, 2.24) is 4.31 Å². The van der Waals surface area contributed by atoms with Crippen LogP contribution in [-0.4, -0.2) is 45.3 Å². The molecule has 5 nitrogen and oxygen atoms in total. The fourth-order valence-electron chi connectivity index (χ4n) is 2.86. The summed E-state index contributed by atoms with van der Waals surface area (Å²) in [7, 11) is -3.56.